The number of ether oxygens (including phenoxy) is 2. The van der Waals surface area contributed by atoms with Gasteiger partial charge in [0, 0.05) is 13.1 Å². The van der Waals surface area contributed by atoms with E-state index in [1.165, 1.54) is 0 Å². The van der Waals surface area contributed by atoms with Crippen LogP contribution in [0.25, 0.3) is 0 Å². The van der Waals surface area contributed by atoms with Crippen LogP contribution in [0.5, 0.6) is 5.75 Å². The van der Waals surface area contributed by atoms with Gasteiger partial charge in [0.25, 0.3) is 0 Å². The molecule has 1 aromatic rings. The number of morpholine rings is 1. The Labute approximate surface area is 90.4 Å². The van der Waals surface area contributed by atoms with Crippen LogP contribution in [0.2, 0.25) is 0 Å². The number of methoxy groups -OCH3 is 1. The summed E-state index contributed by atoms with van der Waals surface area (Å²) in [4.78, 5) is 0. The Kier molecular flexibility index (Phi) is 2.93. The molecular formula is C12H17NO2. The molecule has 0 bridgehead atoms. The van der Waals surface area contributed by atoms with Gasteiger partial charge in [0.2, 0.25) is 0 Å². The molecule has 1 heterocycles. The molecule has 1 fully saturated rings. The van der Waals surface area contributed by atoms with Crippen LogP contribution in [-0.2, 0) is 10.3 Å². The minimum Gasteiger partial charge on any atom is -0.497 e. The average Bonchev–Trinajstić information content (AvgIpc) is 2.30. The van der Waals surface area contributed by atoms with Crippen LogP contribution in [-0.4, -0.2) is 26.8 Å². The van der Waals surface area contributed by atoms with Gasteiger partial charge < -0.3 is 14.8 Å². The van der Waals surface area contributed by atoms with Gasteiger partial charge in [0.1, 0.15) is 11.4 Å². The SMILES string of the molecule is COc1cccc([C@@]2(C)CNCCO2)c1. The van der Waals surface area contributed by atoms with E-state index in [0.717, 1.165) is 31.0 Å². The Bertz CT molecular complexity index is 332. The first-order valence-electron chi connectivity index (χ1n) is 5.24. The fraction of sp³-hybridized carbons (Fsp3) is 0.500. The Morgan fingerprint density at radius 3 is 3.00 bits per heavy atom. The molecule has 0 unspecified atom stereocenters. The Morgan fingerprint density at radius 2 is 2.33 bits per heavy atom. The van der Waals surface area contributed by atoms with E-state index in [1.807, 2.05) is 18.2 Å². The molecule has 0 saturated carbocycles. The smallest absolute Gasteiger partial charge is 0.119 e. The first kappa shape index (κ1) is 10.5. The summed E-state index contributed by atoms with van der Waals surface area (Å²) in [5.41, 5.74) is 0.932. The summed E-state index contributed by atoms with van der Waals surface area (Å²) < 4.78 is 11.0. The molecular weight excluding hydrogens is 190 g/mol. The minimum absolute atomic E-state index is 0.229. The summed E-state index contributed by atoms with van der Waals surface area (Å²) in [5, 5.41) is 3.35. The van der Waals surface area contributed by atoms with Crippen molar-refractivity contribution in [3.05, 3.63) is 29.8 Å². The number of nitrogens with one attached hydrogen (secondary N) is 1. The number of hydrogen-bond donors (Lipinski definition) is 1. The Hall–Kier alpha value is -1.06. The molecule has 3 nitrogen and oxygen atoms in total. The zero-order chi connectivity index (χ0) is 10.7. The van der Waals surface area contributed by atoms with Gasteiger partial charge in [-0.05, 0) is 24.6 Å². The summed E-state index contributed by atoms with van der Waals surface area (Å²) in [6.07, 6.45) is 0. The molecule has 1 atom stereocenters. The van der Waals surface area contributed by atoms with Gasteiger partial charge in [-0.1, -0.05) is 12.1 Å². The summed E-state index contributed by atoms with van der Waals surface area (Å²) in [5.74, 6) is 0.878. The van der Waals surface area contributed by atoms with Gasteiger partial charge in [-0.2, -0.15) is 0 Å². The second kappa shape index (κ2) is 4.21. The highest BCUT2D eigenvalue weighted by Gasteiger charge is 2.29. The third kappa shape index (κ3) is 2.13. The molecule has 0 spiro atoms. The van der Waals surface area contributed by atoms with Crippen molar-refractivity contribution >= 4 is 0 Å². The molecule has 1 aliphatic heterocycles. The van der Waals surface area contributed by atoms with Crippen molar-refractivity contribution < 1.29 is 9.47 Å². The van der Waals surface area contributed by atoms with E-state index >= 15 is 0 Å². The average molecular weight is 207 g/mol. The molecule has 3 heteroatoms. The number of hydrogen-bond acceptors (Lipinski definition) is 3. The highest BCUT2D eigenvalue weighted by Crippen LogP contribution is 2.28. The van der Waals surface area contributed by atoms with Crippen LogP contribution in [0, 0.1) is 0 Å². The lowest BCUT2D eigenvalue weighted by Crippen LogP contribution is -2.45. The van der Waals surface area contributed by atoms with E-state index in [0.29, 0.717) is 0 Å². The third-order valence-electron chi connectivity index (χ3n) is 2.84. The van der Waals surface area contributed by atoms with E-state index in [1.54, 1.807) is 7.11 Å². The molecule has 82 valence electrons. The van der Waals surface area contributed by atoms with Gasteiger partial charge in [0.15, 0.2) is 0 Å². The Balaban J connectivity index is 2.26. The maximum absolute atomic E-state index is 5.83. The van der Waals surface area contributed by atoms with E-state index in [9.17, 15) is 0 Å². The molecule has 1 aliphatic rings. The second-order valence-electron chi connectivity index (χ2n) is 3.99. The molecule has 15 heavy (non-hydrogen) atoms. The van der Waals surface area contributed by atoms with Crippen molar-refractivity contribution in [2.24, 2.45) is 0 Å². The van der Waals surface area contributed by atoms with Gasteiger partial charge >= 0.3 is 0 Å². The fourth-order valence-electron chi connectivity index (χ4n) is 1.86. The molecule has 1 N–H and O–H groups in total. The fourth-order valence-corrected chi connectivity index (χ4v) is 1.86. The van der Waals surface area contributed by atoms with Crippen LogP contribution in [0.3, 0.4) is 0 Å². The first-order valence-corrected chi connectivity index (χ1v) is 5.24. The predicted molar refractivity (Wildman–Crippen MR) is 59.2 cm³/mol. The predicted octanol–water partition coefficient (Wildman–Crippen LogP) is 1.53. The Morgan fingerprint density at radius 1 is 1.47 bits per heavy atom. The summed E-state index contributed by atoms with van der Waals surface area (Å²) in [7, 11) is 1.68. The number of rotatable bonds is 2. The quantitative estimate of drug-likeness (QED) is 0.797. The van der Waals surface area contributed by atoms with E-state index < -0.39 is 0 Å². The normalized spacial score (nSPS) is 26.3. The molecule has 2 rings (SSSR count). The van der Waals surface area contributed by atoms with Gasteiger partial charge in [0.05, 0.1) is 13.7 Å². The van der Waals surface area contributed by atoms with Crippen LogP contribution < -0.4 is 10.1 Å². The van der Waals surface area contributed by atoms with Crippen LogP contribution in [0.1, 0.15) is 12.5 Å². The third-order valence-corrected chi connectivity index (χ3v) is 2.84. The molecule has 0 radical (unpaired) electrons. The first-order chi connectivity index (χ1) is 7.24. The molecule has 1 aromatic carbocycles. The topological polar surface area (TPSA) is 30.5 Å². The van der Waals surface area contributed by atoms with Crippen molar-refractivity contribution in [2.75, 3.05) is 26.8 Å². The summed E-state index contributed by atoms with van der Waals surface area (Å²) in [6.45, 7) is 4.64. The summed E-state index contributed by atoms with van der Waals surface area (Å²) in [6, 6.07) is 8.06. The van der Waals surface area contributed by atoms with Crippen LogP contribution >= 0.6 is 0 Å². The van der Waals surface area contributed by atoms with Gasteiger partial charge in [-0.3, -0.25) is 0 Å². The lowest BCUT2D eigenvalue weighted by molar-refractivity contribution is -0.0573. The second-order valence-corrected chi connectivity index (χ2v) is 3.99. The molecule has 0 amide bonds. The molecule has 0 aromatic heterocycles. The van der Waals surface area contributed by atoms with Crippen molar-refractivity contribution in [2.45, 2.75) is 12.5 Å². The lowest BCUT2D eigenvalue weighted by atomic mass is 9.94. The highest BCUT2D eigenvalue weighted by atomic mass is 16.5. The van der Waals surface area contributed by atoms with Gasteiger partial charge in [-0.25, -0.2) is 0 Å². The highest BCUT2D eigenvalue weighted by molar-refractivity contribution is 5.32. The van der Waals surface area contributed by atoms with Crippen molar-refractivity contribution in [1.82, 2.24) is 5.32 Å². The largest absolute Gasteiger partial charge is 0.497 e. The standard InChI is InChI=1S/C12H17NO2/c1-12(9-13-6-7-15-12)10-4-3-5-11(8-10)14-2/h3-5,8,13H,6-7,9H2,1-2H3/t12-/m1/s1. The molecule has 0 aliphatic carbocycles. The van der Waals surface area contributed by atoms with E-state index in [2.05, 4.69) is 18.3 Å². The monoisotopic (exact) mass is 207 g/mol. The van der Waals surface area contributed by atoms with Crippen LogP contribution in [0.15, 0.2) is 24.3 Å². The zero-order valence-electron chi connectivity index (χ0n) is 9.25. The zero-order valence-corrected chi connectivity index (χ0v) is 9.25. The number of benzene rings is 1. The molecule has 1 saturated heterocycles. The van der Waals surface area contributed by atoms with Crippen molar-refractivity contribution in [1.29, 1.82) is 0 Å². The van der Waals surface area contributed by atoms with Gasteiger partial charge in [-0.15, -0.1) is 0 Å². The maximum Gasteiger partial charge on any atom is 0.119 e. The van der Waals surface area contributed by atoms with Crippen LogP contribution in [0.4, 0.5) is 0 Å². The lowest BCUT2D eigenvalue weighted by Gasteiger charge is -2.35. The van der Waals surface area contributed by atoms with E-state index in [4.69, 9.17) is 9.47 Å². The van der Waals surface area contributed by atoms with Crippen molar-refractivity contribution in [3.63, 3.8) is 0 Å². The maximum atomic E-state index is 5.83. The van der Waals surface area contributed by atoms with Crippen molar-refractivity contribution in [3.8, 4) is 5.75 Å². The summed E-state index contributed by atoms with van der Waals surface area (Å²) >= 11 is 0. The van der Waals surface area contributed by atoms with E-state index in [-0.39, 0.29) is 5.60 Å². The minimum atomic E-state index is -0.229.